The van der Waals surface area contributed by atoms with E-state index < -0.39 is 0 Å². The van der Waals surface area contributed by atoms with E-state index in [1.165, 1.54) is 11.1 Å². The van der Waals surface area contributed by atoms with E-state index in [0.29, 0.717) is 32.1 Å². The topological polar surface area (TPSA) is 61.8 Å². The summed E-state index contributed by atoms with van der Waals surface area (Å²) in [5.74, 6) is 0.456. The van der Waals surface area contributed by atoms with Crippen LogP contribution < -0.4 is 5.32 Å². The molecule has 1 amide bonds. The third-order valence-corrected chi connectivity index (χ3v) is 4.35. The summed E-state index contributed by atoms with van der Waals surface area (Å²) in [4.78, 5) is 14.3. The highest BCUT2D eigenvalue weighted by Gasteiger charge is 2.28. The molecule has 1 fully saturated rings. The van der Waals surface area contributed by atoms with Crippen LogP contribution in [0, 0.1) is 0 Å². The number of carbonyl (C=O) groups is 1. The fourth-order valence-electron chi connectivity index (χ4n) is 3.21. The Kier molecular flexibility index (Phi) is 4.12. The minimum atomic E-state index is -0.201. The lowest BCUT2D eigenvalue weighted by atomic mass is 10.1. The summed E-state index contributed by atoms with van der Waals surface area (Å²) in [7, 11) is 0. The van der Waals surface area contributed by atoms with Crippen LogP contribution in [0.5, 0.6) is 5.75 Å². The number of nitrogens with zero attached hydrogens (tertiary/aromatic N) is 1. The Bertz CT molecular complexity index is 526. The fraction of sp³-hybridized carbons (Fsp3) is 0.562. The van der Waals surface area contributed by atoms with Crippen molar-refractivity contribution in [1.82, 2.24) is 10.2 Å². The molecule has 1 aromatic rings. The van der Waals surface area contributed by atoms with Crippen LogP contribution in [-0.4, -0.2) is 48.3 Å². The second kappa shape index (κ2) is 6.03. The predicted octanol–water partition coefficient (Wildman–Crippen LogP) is 1.22. The number of benzene rings is 1. The number of nitrogens with one attached hydrogen (secondary N) is 1. The van der Waals surface area contributed by atoms with Crippen molar-refractivity contribution in [1.29, 1.82) is 0 Å². The zero-order valence-electron chi connectivity index (χ0n) is 12.3. The molecular formula is C16H22N2O3. The van der Waals surface area contributed by atoms with E-state index in [1.807, 2.05) is 24.0 Å². The molecule has 114 valence electrons. The number of fused-ring (bicyclic) bond motifs is 1. The van der Waals surface area contributed by atoms with E-state index in [1.54, 1.807) is 6.07 Å². The molecule has 1 saturated heterocycles. The Hall–Kier alpha value is -1.59. The second-order valence-electron chi connectivity index (χ2n) is 5.80. The number of amides is 1. The maximum Gasteiger partial charge on any atom is 0.239 e. The lowest BCUT2D eigenvalue weighted by Gasteiger charge is -2.30. The van der Waals surface area contributed by atoms with Gasteiger partial charge in [-0.15, -0.1) is 0 Å². The molecule has 2 unspecified atom stereocenters. The first-order valence-electron chi connectivity index (χ1n) is 7.59. The lowest BCUT2D eigenvalue weighted by Crippen LogP contribution is -2.49. The van der Waals surface area contributed by atoms with Gasteiger partial charge < -0.3 is 14.7 Å². The van der Waals surface area contributed by atoms with Gasteiger partial charge in [-0.2, -0.15) is 0 Å². The summed E-state index contributed by atoms with van der Waals surface area (Å²) in [6, 6.07) is 5.49. The Morgan fingerprint density at radius 2 is 2.19 bits per heavy atom. The number of ether oxygens (including phenoxy) is 1. The van der Waals surface area contributed by atoms with Crippen molar-refractivity contribution in [2.24, 2.45) is 0 Å². The van der Waals surface area contributed by atoms with Crippen LogP contribution in [0.1, 0.15) is 30.5 Å². The van der Waals surface area contributed by atoms with Gasteiger partial charge in [0.15, 0.2) is 0 Å². The maximum atomic E-state index is 12.4. The van der Waals surface area contributed by atoms with Gasteiger partial charge in [-0.05, 0) is 43.0 Å². The summed E-state index contributed by atoms with van der Waals surface area (Å²) < 4.78 is 5.28. The number of hydrogen-bond donors (Lipinski definition) is 2. The van der Waals surface area contributed by atoms with E-state index in [4.69, 9.17) is 4.74 Å². The highest BCUT2D eigenvalue weighted by molar-refractivity contribution is 5.81. The van der Waals surface area contributed by atoms with Crippen LogP contribution in [-0.2, 0) is 16.0 Å². The molecule has 1 aliphatic heterocycles. The fourth-order valence-corrected chi connectivity index (χ4v) is 3.21. The molecule has 1 aliphatic carbocycles. The molecule has 0 bridgehead atoms. The predicted molar refractivity (Wildman–Crippen MR) is 79.2 cm³/mol. The Labute approximate surface area is 124 Å². The number of morpholine rings is 1. The summed E-state index contributed by atoms with van der Waals surface area (Å²) in [5, 5.41) is 13.0. The molecular weight excluding hydrogens is 268 g/mol. The van der Waals surface area contributed by atoms with Gasteiger partial charge in [-0.25, -0.2) is 0 Å². The molecule has 2 aliphatic rings. The monoisotopic (exact) mass is 290 g/mol. The quantitative estimate of drug-likeness (QED) is 0.878. The highest BCUT2D eigenvalue weighted by Crippen LogP contribution is 2.33. The van der Waals surface area contributed by atoms with Gasteiger partial charge in [-0.3, -0.25) is 10.1 Å². The minimum Gasteiger partial charge on any atom is -0.508 e. The van der Waals surface area contributed by atoms with Gasteiger partial charge >= 0.3 is 0 Å². The van der Waals surface area contributed by atoms with Crippen LogP contribution in [0.4, 0.5) is 0 Å². The van der Waals surface area contributed by atoms with E-state index in [9.17, 15) is 9.90 Å². The van der Waals surface area contributed by atoms with Crippen LogP contribution >= 0.6 is 0 Å². The summed E-state index contributed by atoms with van der Waals surface area (Å²) in [6.45, 7) is 4.55. The average molecular weight is 290 g/mol. The summed E-state index contributed by atoms with van der Waals surface area (Å²) >= 11 is 0. The second-order valence-corrected chi connectivity index (χ2v) is 5.80. The molecule has 0 aromatic heterocycles. The number of rotatable bonds is 3. The number of hydrogen-bond acceptors (Lipinski definition) is 4. The number of aromatic hydroxyl groups is 1. The number of phenolic OH excluding ortho intramolecular Hbond substituents is 1. The molecule has 5 heteroatoms. The zero-order valence-corrected chi connectivity index (χ0v) is 12.3. The van der Waals surface area contributed by atoms with Gasteiger partial charge in [0, 0.05) is 19.1 Å². The van der Waals surface area contributed by atoms with E-state index in [-0.39, 0.29) is 18.0 Å². The zero-order chi connectivity index (χ0) is 14.8. The van der Waals surface area contributed by atoms with Crippen molar-refractivity contribution in [2.75, 3.05) is 26.3 Å². The first-order valence-corrected chi connectivity index (χ1v) is 7.59. The Balaban J connectivity index is 1.63. The summed E-state index contributed by atoms with van der Waals surface area (Å²) in [6.07, 6.45) is 1.92. The normalized spacial score (nSPS) is 22.9. The SMILES string of the molecule is CC(NC1CCc2cc(O)ccc21)C(=O)N1CCOCC1. The molecule has 0 spiro atoms. The number of phenols is 1. The van der Waals surface area contributed by atoms with Crippen molar-refractivity contribution in [2.45, 2.75) is 31.8 Å². The molecule has 0 radical (unpaired) electrons. The van der Waals surface area contributed by atoms with Gasteiger partial charge in [0.05, 0.1) is 19.3 Å². The van der Waals surface area contributed by atoms with E-state index in [2.05, 4.69) is 5.32 Å². The molecule has 5 nitrogen and oxygen atoms in total. The third kappa shape index (κ3) is 3.04. The number of carbonyl (C=O) groups excluding carboxylic acids is 1. The van der Waals surface area contributed by atoms with E-state index >= 15 is 0 Å². The first-order chi connectivity index (χ1) is 10.1. The molecule has 1 heterocycles. The van der Waals surface area contributed by atoms with Crippen molar-refractivity contribution in [3.63, 3.8) is 0 Å². The van der Waals surface area contributed by atoms with Gasteiger partial charge in [0.25, 0.3) is 0 Å². The largest absolute Gasteiger partial charge is 0.508 e. The van der Waals surface area contributed by atoms with Crippen LogP contribution in [0.3, 0.4) is 0 Å². The van der Waals surface area contributed by atoms with Crippen molar-refractivity contribution < 1.29 is 14.6 Å². The average Bonchev–Trinajstić information content (AvgIpc) is 2.89. The molecule has 21 heavy (non-hydrogen) atoms. The van der Waals surface area contributed by atoms with Crippen LogP contribution in [0.25, 0.3) is 0 Å². The van der Waals surface area contributed by atoms with Crippen molar-refractivity contribution in [3.8, 4) is 5.75 Å². The molecule has 1 aromatic carbocycles. The van der Waals surface area contributed by atoms with Crippen LogP contribution in [0.15, 0.2) is 18.2 Å². The standard InChI is InChI=1S/C16H22N2O3/c1-11(16(20)18-6-8-21-9-7-18)17-15-5-2-12-10-13(19)3-4-14(12)15/h3-4,10-11,15,17,19H,2,5-9H2,1H3. The van der Waals surface area contributed by atoms with Gasteiger partial charge in [0.2, 0.25) is 5.91 Å². The van der Waals surface area contributed by atoms with E-state index in [0.717, 1.165) is 12.8 Å². The Morgan fingerprint density at radius 1 is 1.43 bits per heavy atom. The molecule has 2 atom stereocenters. The van der Waals surface area contributed by atoms with Crippen molar-refractivity contribution >= 4 is 5.91 Å². The highest BCUT2D eigenvalue weighted by atomic mass is 16.5. The maximum absolute atomic E-state index is 12.4. The van der Waals surface area contributed by atoms with Crippen molar-refractivity contribution in [3.05, 3.63) is 29.3 Å². The van der Waals surface area contributed by atoms with Gasteiger partial charge in [-0.1, -0.05) is 6.07 Å². The first kappa shape index (κ1) is 14.4. The smallest absolute Gasteiger partial charge is 0.239 e. The Morgan fingerprint density at radius 3 is 2.95 bits per heavy atom. The molecule has 0 saturated carbocycles. The minimum absolute atomic E-state index is 0.144. The molecule has 2 N–H and O–H groups in total. The van der Waals surface area contributed by atoms with Crippen LogP contribution in [0.2, 0.25) is 0 Å². The number of aryl methyl sites for hydroxylation is 1. The van der Waals surface area contributed by atoms with Gasteiger partial charge in [0.1, 0.15) is 5.75 Å². The molecule has 3 rings (SSSR count). The summed E-state index contributed by atoms with van der Waals surface area (Å²) in [5.41, 5.74) is 2.38. The lowest BCUT2D eigenvalue weighted by molar-refractivity contribution is -0.137. The third-order valence-electron chi connectivity index (χ3n) is 4.35.